The first-order chi connectivity index (χ1) is 11.8. The van der Waals surface area contributed by atoms with Gasteiger partial charge in [0.05, 0.1) is 16.5 Å². The molecular formula is C21H15NOS. The molecule has 0 unspecified atom stereocenters. The van der Waals surface area contributed by atoms with Crippen LogP contribution in [0.15, 0.2) is 83.7 Å². The monoisotopic (exact) mass is 329 g/mol. The number of thiophene rings is 1. The molecule has 0 bridgehead atoms. The van der Waals surface area contributed by atoms with Gasteiger partial charge in [-0.25, -0.2) is 0 Å². The molecule has 3 aromatic rings. The van der Waals surface area contributed by atoms with Gasteiger partial charge in [0.2, 0.25) is 0 Å². The lowest BCUT2D eigenvalue weighted by Gasteiger charge is -2.31. The van der Waals surface area contributed by atoms with E-state index in [-0.39, 0.29) is 0 Å². The molecule has 0 radical (unpaired) electrons. The number of ether oxygens (including phenoxy) is 1. The van der Waals surface area contributed by atoms with Gasteiger partial charge in [0.1, 0.15) is 0 Å². The van der Waals surface area contributed by atoms with Gasteiger partial charge >= 0.3 is 0 Å². The quantitative estimate of drug-likeness (QED) is 0.649. The summed E-state index contributed by atoms with van der Waals surface area (Å²) in [5.41, 5.74) is 2.18. The van der Waals surface area contributed by atoms with Crippen LogP contribution in [0.25, 0.3) is 5.76 Å². The fourth-order valence-electron chi connectivity index (χ4n) is 3.20. The van der Waals surface area contributed by atoms with E-state index in [4.69, 9.17) is 4.74 Å². The van der Waals surface area contributed by atoms with E-state index in [1.54, 1.807) is 11.3 Å². The third-order valence-electron chi connectivity index (χ3n) is 4.34. The first-order valence-electron chi connectivity index (χ1n) is 7.81. The summed E-state index contributed by atoms with van der Waals surface area (Å²) in [5, 5.41) is 11.7. The molecule has 2 nitrogen and oxygen atoms in total. The van der Waals surface area contributed by atoms with E-state index in [9.17, 15) is 5.26 Å². The first kappa shape index (κ1) is 14.7. The van der Waals surface area contributed by atoms with Gasteiger partial charge in [0.15, 0.2) is 11.4 Å². The normalized spacial score (nSPS) is 15.8. The largest absolute Gasteiger partial charge is 0.475 e. The molecule has 0 saturated carbocycles. The molecule has 0 atom stereocenters. The molecule has 0 fully saturated rings. The molecule has 0 N–H and O–H groups in total. The minimum Gasteiger partial charge on any atom is -0.475 e. The van der Waals surface area contributed by atoms with E-state index >= 15 is 0 Å². The van der Waals surface area contributed by atoms with E-state index in [1.165, 1.54) is 0 Å². The third-order valence-corrected chi connectivity index (χ3v) is 5.20. The number of hydrogen-bond donors (Lipinski definition) is 0. The molecule has 0 saturated heterocycles. The van der Waals surface area contributed by atoms with Crippen LogP contribution < -0.4 is 0 Å². The van der Waals surface area contributed by atoms with Gasteiger partial charge in [-0.1, -0.05) is 66.7 Å². The summed E-state index contributed by atoms with van der Waals surface area (Å²) in [6, 6.07) is 26.7. The summed E-state index contributed by atoms with van der Waals surface area (Å²) in [6.07, 6.45) is 0.546. The Morgan fingerprint density at radius 3 is 2.00 bits per heavy atom. The average Bonchev–Trinajstić information content (AvgIpc) is 3.31. The highest BCUT2D eigenvalue weighted by molar-refractivity contribution is 7.11. The Morgan fingerprint density at radius 2 is 1.50 bits per heavy atom. The summed E-state index contributed by atoms with van der Waals surface area (Å²) in [6.45, 7) is 0. The van der Waals surface area contributed by atoms with Gasteiger partial charge in [-0.05, 0) is 11.4 Å². The Balaban J connectivity index is 1.88. The minimum absolute atomic E-state index is 0.546. The molecule has 3 heteroatoms. The van der Waals surface area contributed by atoms with Crippen LogP contribution in [-0.4, -0.2) is 0 Å². The van der Waals surface area contributed by atoms with Gasteiger partial charge in [-0.15, -0.1) is 11.3 Å². The number of hydrogen-bond acceptors (Lipinski definition) is 3. The molecule has 0 amide bonds. The zero-order valence-electron chi connectivity index (χ0n) is 13.0. The molecular weight excluding hydrogens is 314 g/mol. The zero-order valence-corrected chi connectivity index (χ0v) is 13.8. The number of rotatable bonds is 3. The fraction of sp³-hybridized carbons (Fsp3) is 0.0952. The molecule has 4 rings (SSSR count). The minimum atomic E-state index is -0.646. The summed E-state index contributed by atoms with van der Waals surface area (Å²) < 4.78 is 6.54. The molecule has 1 aliphatic heterocycles. The molecule has 0 spiro atoms. The van der Waals surface area contributed by atoms with Crippen molar-refractivity contribution in [2.45, 2.75) is 12.0 Å². The van der Waals surface area contributed by atoms with Gasteiger partial charge in [0, 0.05) is 17.5 Å². The fourth-order valence-corrected chi connectivity index (χ4v) is 3.93. The van der Waals surface area contributed by atoms with Crippen molar-refractivity contribution in [3.8, 4) is 6.07 Å². The number of benzene rings is 2. The highest BCUT2D eigenvalue weighted by Crippen LogP contribution is 2.49. The number of nitriles is 1. The average molecular weight is 329 g/mol. The van der Waals surface area contributed by atoms with Crippen molar-refractivity contribution in [3.05, 3.63) is 99.8 Å². The molecule has 2 aromatic carbocycles. The van der Waals surface area contributed by atoms with Crippen molar-refractivity contribution in [3.63, 3.8) is 0 Å². The Labute approximate surface area is 145 Å². The summed E-state index contributed by atoms with van der Waals surface area (Å²) in [5.74, 6) is 0.709. The lowest BCUT2D eigenvalue weighted by Crippen LogP contribution is -2.27. The van der Waals surface area contributed by atoms with Gasteiger partial charge in [-0.3, -0.25) is 0 Å². The molecule has 2 heterocycles. The van der Waals surface area contributed by atoms with Crippen LogP contribution in [0.4, 0.5) is 0 Å². The smallest absolute Gasteiger partial charge is 0.164 e. The molecule has 0 aliphatic carbocycles. The van der Waals surface area contributed by atoms with Crippen LogP contribution in [0.2, 0.25) is 0 Å². The van der Waals surface area contributed by atoms with Crippen LogP contribution in [-0.2, 0) is 10.3 Å². The molecule has 1 aromatic heterocycles. The van der Waals surface area contributed by atoms with Crippen molar-refractivity contribution >= 4 is 17.1 Å². The summed E-state index contributed by atoms with van der Waals surface area (Å²) in [4.78, 5) is 1.00. The SMILES string of the molecule is N#CC1=C(c2cccs2)OC(c2ccccc2)(c2ccccc2)C1. The van der Waals surface area contributed by atoms with Crippen LogP contribution in [0.3, 0.4) is 0 Å². The van der Waals surface area contributed by atoms with E-state index < -0.39 is 5.60 Å². The molecule has 24 heavy (non-hydrogen) atoms. The third kappa shape index (κ3) is 2.33. The van der Waals surface area contributed by atoms with Gasteiger partial charge in [-0.2, -0.15) is 5.26 Å². The second-order valence-electron chi connectivity index (χ2n) is 5.73. The van der Waals surface area contributed by atoms with E-state index in [0.29, 0.717) is 17.8 Å². The Hall–Kier alpha value is -2.83. The second-order valence-corrected chi connectivity index (χ2v) is 6.68. The maximum Gasteiger partial charge on any atom is 0.164 e. The Morgan fingerprint density at radius 1 is 0.875 bits per heavy atom. The lowest BCUT2D eigenvalue weighted by molar-refractivity contribution is 0.101. The van der Waals surface area contributed by atoms with Gasteiger partial charge in [0.25, 0.3) is 0 Å². The first-order valence-corrected chi connectivity index (χ1v) is 8.69. The summed E-state index contributed by atoms with van der Waals surface area (Å²) >= 11 is 1.60. The van der Waals surface area contributed by atoms with E-state index in [0.717, 1.165) is 16.0 Å². The maximum absolute atomic E-state index is 9.68. The van der Waals surface area contributed by atoms with Crippen molar-refractivity contribution in [2.24, 2.45) is 0 Å². The Bertz CT molecular complexity index is 866. The van der Waals surface area contributed by atoms with Crippen molar-refractivity contribution in [2.75, 3.05) is 0 Å². The van der Waals surface area contributed by atoms with E-state index in [1.807, 2.05) is 53.9 Å². The van der Waals surface area contributed by atoms with Crippen LogP contribution in [0.5, 0.6) is 0 Å². The van der Waals surface area contributed by atoms with Gasteiger partial charge < -0.3 is 4.74 Å². The Kier molecular flexibility index (Phi) is 3.68. The highest BCUT2D eigenvalue weighted by atomic mass is 32.1. The predicted molar refractivity (Wildman–Crippen MR) is 96.2 cm³/mol. The van der Waals surface area contributed by atoms with Crippen LogP contribution >= 0.6 is 11.3 Å². The standard InChI is InChI=1S/C21H15NOS/c22-15-16-14-21(17-8-3-1-4-9-17,18-10-5-2-6-11-18)23-20(16)19-12-7-13-24-19/h1-13H,14H2. The molecule has 116 valence electrons. The predicted octanol–water partition coefficient (Wildman–Crippen LogP) is 5.35. The topological polar surface area (TPSA) is 33.0 Å². The number of nitrogens with zero attached hydrogens (tertiary/aromatic N) is 1. The zero-order chi connectivity index (χ0) is 16.4. The van der Waals surface area contributed by atoms with E-state index in [2.05, 4.69) is 30.3 Å². The van der Waals surface area contributed by atoms with Crippen molar-refractivity contribution < 1.29 is 4.74 Å². The van der Waals surface area contributed by atoms with Crippen molar-refractivity contribution in [1.29, 1.82) is 5.26 Å². The maximum atomic E-state index is 9.68. The van der Waals surface area contributed by atoms with Crippen LogP contribution in [0, 0.1) is 11.3 Å². The lowest BCUT2D eigenvalue weighted by atomic mass is 9.82. The molecule has 1 aliphatic rings. The van der Waals surface area contributed by atoms with Crippen LogP contribution in [0.1, 0.15) is 22.4 Å². The highest BCUT2D eigenvalue weighted by Gasteiger charge is 2.44. The second kappa shape index (κ2) is 5.99. The van der Waals surface area contributed by atoms with Crippen molar-refractivity contribution in [1.82, 2.24) is 0 Å². The summed E-state index contributed by atoms with van der Waals surface area (Å²) in [7, 11) is 0.